The molecule has 17 heavy (non-hydrogen) atoms. The molecular formula is C15H18O2. The van der Waals surface area contributed by atoms with Gasteiger partial charge in [0.1, 0.15) is 5.75 Å². The van der Waals surface area contributed by atoms with E-state index in [1.165, 1.54) is 16.3 Å². The number of aliphatic hydroxyl groups excluding tert-OH is 1. The van der Waals surface area contributed by atoms with Gasteiger partial charge in [-0.15, -0.1) is 0 Å². The molecular weight excluding hydrogens is 212 g/mol. The summed E-state index contributed by atoms with van der Waals surface area (Å²) in [5.74, 6) is 0.857. The van der Waals surface area contributed by atoms with E-state index >= 15 is 0 Å². The summed E-state index contributed by atoms with van der Waals surface area (Å²) >= 11 is 0. The van der Waals surface area contributed by atoms with Gasteiger partial charge in [0.25, 0.3) is 0 Å². The van der Waals surface area contributed by atoms with Crippen LogP contribution in [0.25, 0.3) is 10.8 Å². The maximum Gasteiger partial charge on any atom is 0.122 e. The van der Waals surface area contributed by atoms with Crippen LogP contribution in [0.15, 0.2) is 30.3 Å². The number of hydrogen-bond donors (Lipinski definition) is 1. The molecule has 0 radical (unpaired) electrons. The molecule has 1 N–H and O–H groups in total. The summed E-state index contributed by atoms with van der Waals surface area (Å²) in [6.45, 7) is 2.30. The maximum absolute atomic E-state index is 9.14. The highest BCUT2D eigenvalue weighted by molar-refractivity contribution is 5.88. The van der Waals surface area contributed by atoms with Crippen LogP contribution in [0.5, 0.6) is 5.75 Å². The summed E-state index contributed by atoms with van der Waals surface area (Å²) in [6.07, 6.45) is 1.67. The Morgan fingerprint density at radius 3 is 2.65 bits per heavy atom. The lowest BCUT2D eigenvalue weighted by atomic mass is 9.98. The van der Waals surface area contributed by atoms with Gasteiger partial charge in [0.2, 0.25) is 0 Å². The van der Waals surface area contributed by atoms with Gasteiger partial charge in [-0.2, -0.15) is 0 Å². The topological polar surface area (TPSA) is 29.5 Å². The van der Waals surface area contributed by atoms with Crippen LogP contribution >= 0.6 is 0 Å². The lowest BCUT2D eigenvalue weighted by Crippen LogP contribution is -1.97. The largest absolute Gasteiger partial charge is 0.496 e. The molecule has 0 aliphatic rings. The molecule has 90 valence electrons. The Kier molecular flexibility index (Phi) is 3.64. The Balaban J connectivity index is 2.63. The van der Waals surface area contributed by atoms with Crippen LogP contribution < -0.4 is 4.74 Å². The first kappa shape index (κ1) is 11.9. The number of aliphatic hydroxyl groups is 1. The lowest BCUT2D eigenvalue weighted by molar-refractivity contribution is 0.297. The fraction of sp³-hybridized carbons (Fsp3) is 0.333. The van der Waals surface area contributed by atoms with Crippen molar-refractivity contribution in [2.45, 2.75) is 19.8 Å². The second kappa shape index (κ2) is 5.19. The fourth-order valence-corrected chi connectivity index (χ4v) is 2.20. The first-order chi connectivity index (χ1) is 8.30. The first-order valence-electron chi connectivity index (χ1n) is 5.99. The molecule has 0 aliphatic carbocycles. The molecule has 0 aliphatic heterocycles. The van der Waals surface area contributed by atoms with E-state index in [-0.39, 0.29) is 6.61 Å². The smallest absolute Gasteiger partial charge is 0.122 e. The normalized spacial score (nSPS) is 10.8. The number of rotatable bonds is 4. The van der Waals surface area contributed by atoms with Crippen LogP contribution in [-0.2, 0) is 12.8 Å². The van der Waals surface area contributed by atoms with E-state index in [1.54, 1.807) is 7.11 Å². The molecule has 0 amide bonds. The van der Waals surface area contributed by atoms with E-state index in [4.69, 9.17) is 9.84 Å². The van der Waals surface area contributed by atoms with Gasteiger partial charge in [-0.05, 0) is 35.2 Å². The second-order valence-electron chi connectivity index (χ2n) is 4.13. The van der Waals surface area contributed by atoms with Crippen LogP contribution in [0.2, 0.25) is 0 Å². The summed E-state index contributed by atoms with van der Waals surface area (Å²) in [5, 5.41) is 11.5. The van der Waals surface area contributed by atoms with E-state index < -0.39 is 0 Å². The number of fused-ring (bicyclic) bond motifs is 1. The Hall–Kier alpha value is -1.54. The van der Waals surface area contributed by atoms with E-state index in [1.807, 2.05) is 6.07 Å². The van der Waals surface area contributed by atoms with Crippen LogP contribution in [0.1, 0.15) is 18.1 Å². The summed E-state index contributed by atoms with van der Waals surface area (Å²) in [7, 11) is 1.67. The molecule has 0 saturated heterocycles. The van der Waals surface area contributed by atoms with E-state index in [0.29, 0.717) is 6.42 Å². The average Bonchev–Trinajstić information content (AvgIpc) is 2.38. The van der Waals surface area contributed by atoms with Gasteiger partial charge >= 0.3 is 0 Å². The summed E-state index contributed by atoms with van der Waals surface area (Å²) in [6, 6.07) is 10.5. The zero-order chi connectivity index (χ0) is 12.3. The van der Waals surface area contributed by atoms with Gasteiger partial charge < -0.3 is 9.84 Å². The Bertz CT molecular complexity index is 518. The summed E-state index contributed by atoms with van der Waals surface area (Å²) in [5.41, 5.74) is 2.42. The van der Waals surface area contributed by atoms with E-state index in [2.05, 4.69) is 31.2 Å². The minimum atomic E-state index is 0.144. The third-order valence-corrected chi connectivity index (χ3v) is 3.14. The Morgan fingerprint density at radius 1 is 1.18 bits per heavy atom. The Morgan fingerprint density at radius 2 is 2.00 bits per heavy atom. The van der Waals surface area contributed by atoms with Crippen molar-refractivity contribution in [3.05, 3.63) is 41.5 Å². The second-order valence-corrected chi connectivity index (χ2v) is 4.13. The molecule has 0 saturated carbocycles. The average molecular weight is 230 g/mol. The minimum absolute atomic E-state index is 0.144. The van der Waals surface area contributed by atoms with E-state index in [9.17, 15) is 0 Å². The van der Waals surface area contributed by atoms with Gasteiger partial charge in [0, 0.05) is 12.2 Å². The van der Waals surface area contributed by atoms with Crippen molar-refractivity contribution in [1.82, 2.24) is 0 Å². The zero-order valence-corrected chi connectivity index (χ0v) is 10.4. The number of benzene rings is 2. The number of hydrogen-bond acceptors (Lipinski definition) is 2. The molecule has 0 spiro atoms. The highest BCUT2D eigenvalue weighted by Crippen LogP contribution is 2.29. The highest BCUT2D eigenvalue weighted by atomic mass is 16.5. The van der Waals surface area contributed by atoms with Gasteiger partial charge in [-0.1, -0.05) is 31.2 Å². The molecule has 0 fully saturated rings. The van der Waals surface area contributed by atoms with Crippen LogP contribution in [0.4, 0.5) is 0 Å². The first-order valence-corrected chi connectivity index (χ1v) is 5.99. The summed E-state index contributed by atoms with van der Waals surface area (Å²) < 4.78 is 5.35. The molecule has 2 aromatic rings. The number of ether oxygens (including phenoxy) is 1. The third-order valence-electron chi connectivity index (χ3n) is 3.14. The summed E-state index contributed by atoms with van der Waals surface area (Å²) in [4.78, 5) is 0. The molecule has 2 aromatic carbocycles. The van der Waals surface area contributed by atoms with Crippen LogP contribution in [-0.4, -0.2) is 18.8 Å². The van der Waals surface area contributed by atoms with Crippen molar-refractivity contribution in [3.63, 3.8) is 0 Å². The van der Waals surface area contributed by atoms with Crippen molar-refractivity contribution in [2.24, 2.45) is 0 Å². The van der Waals surface area contributed by atoms with Gasteiger partial charge in [-0.3, -0.25) is 0 Å². The van der Waals surface area contributed by atoms with Crippen molar-refractivity contribution in [1.29, 1.82) is 0 Å². The van der Waals surface area contributed by atoms with Crippen molar-refractivity contribution < 1.29 is 9.84 Å². The molecule has 2 heteroatoms. The number of methoxy groups -OCH3 is 1. The zero-order valence-electron chi connectivity index (χ0n) is 10.4. The van der Waals surface area contributed by atoms with E-state index in [0.717, 1.165) is 17.7 Å². The molecule has 2 nitrogen and oxygen atoms in total. The highest BCUT2D eigenvalue weighted by Gasteiger charge is 2.07. The minimum Gasteiger partial charge on any atom is -0.496 e. The Labute approximate surface area is 102 Å². The monoisotopic (exact) mass is 230 g/mol. The van der Waals surface area contributed by atoms with Crippen molar-refractivity contribution in [2.75, 3.05) is 13.7 Å². The third kappa shape index (κ3) is 2.27. The molecule has 0 heterocycles. The van der Waals surface area contributed by atoms with Crippen molar-refractivity contribution in [3.8, 4) is 5.75 Å². The van der Waals surface area contributed by atoms with Crippen LogP contribution in [0, 0.1) is 0 Å². The molecule has 2 rings (SSSR count). The van der Waals surface area contributed by atoms with Gasteiger partial charge in [0.15, 0.2) is 0 Å². The number of aryl methyl sites for hydroxylation is 1. The van der Waals surface area contributed by atoms with Gasteiger partial charge in [0.05, 0.1) is 7.11 Å². The molecule has 0 unspecified atom stereocenters. The molecule has 0 aromatic heterocycles. The lowest BCUT2D eigenvalue weighted by Gasteiger charge is -2.12. The van der Waals surface area contributed by atoms with Crippen LogP contribution in [0.3, 0.4) is 0 Å². The molecule has 0 atom stereocenters. The standard InChI is InChI=1S/C15H18O2/c1-3-11-4-6-13-12(10-11)5-7-15(17-2)14(13)8-9-16/h4-7,10,16H,3,8-9H2,1-2H3. The predicted octanol–water partition coefficient (Wildman–Crippen LogP) is 2.95. The fourth-order valence-electron chi connectivity index (χ4n) is 2.20. The quantitative estimate of drug-likeness (QED) is 0.875. The SMILES string of the molecule is CCc1ccc2c(CCO)c(OC)ccc2c1. The predicted molar refractivity (Wildman–Crippen MR) is 70.7 cm³/mol. The van der Waals surface area contributed by atoms with Crippen molar-refractivity contribution >= 4 is 10.8 Å². The maximum atomic E-state index is 9.14. The molecule has 0 bridgehead atoms. The van der Waals surface area contributed by atoms with Gasteiger partial charge in [-0.25, -0.2) is 0 Å².